The van der Waals surface area contributed by atoms with E-state index in [4.69, 9.17) is 38.2 Å². The second-order valence-electron chi connectivity index (χ2n) is 11.3. The third kappa shape index (κ3) is 9.50. The van der Waals surface area contributed by atoms with E-state index in [1.165, 1.54) is 0 Å². The predicted octanol–water partition coefficient (Wildman–Crippen LogP) is -9.82. The molecule has 0 aromatic heterocycles. The smallest absolute Gasteiger partial charge is 0.224 e. The van der Waals surface area contributed by atoms with E-state index in [9.17, 15) is 71.5 Å². The molecule has 4 aliphatic rings. The zero-order valence-electron chi connectivity index (χ0n) is 25.1. The van der Waals surface area contributed by atoms with Gasteiger partial charge in [-0.15, -0.1) is 0 Å². The summed E-state index contributed by atoms with van der Waals surface area (Å²) in [6.45, 7) is -5.19. The molecule has 14 N–H and O–H groups in total. The van der Waals surface area contributed by atoms with Gasteiger partial charge in [-0.25, -0.2) is 9.78 Å². The fourth-order valence-electron chi connectivity index (χ4n) is 5.47. The number of hydrogen-bond acceptors (Lipinski definition) is 22. The summed E-state index contributed by atoms with van der Waals surface area (Å²) in [6.07, 6.45) is -28.5. The Bertz CT molecular complexity index is 907. The summed E-state index contributed by atoms with van der Waals surface area (Å²) in [5, 5.41) is 141. The molecule has 4 saturated heterocycles. The summed E-state index contributed by atoms with van der Waals surface area (Å²) in [7, 11) is 0. The van der Waals surface area contributed by atoms with Gasteiger partial charge in [0.1, 0.15) is 112 Å². The van der Waals surface area contributed by atoms with Gasteiger partial charge in [0.05, 0.1) is 13.2 Å². The molecule has 294 valence electrons. The SMILES string of the molecule is OC[C@H]1O[C@@](CO)(O[C@H]2O[C@H](COOC[C@H]3O[C@H](O[C@]4(CO)O[C@H](CO)[C@@H](O)[C@@H]4O)[C@H](O)[C@@H](O)[C@@H]3O)[C@@H](O)[C@H](O)[C@H]2O)[C@@H](O)[C@@H]1O.[Fe].[Fe].[Fe]. The first-order chi connectivity index (χ1) is 21.7. The van der Waals surface area contributed by atoms with Gasteiger partial charge in [0, 0.05) is 51.2 Å². The molecule has 4 rings (SSSR count). The number of rotatable bonds is 13. The number of hydrogen-bond donors (Lipinski definition) is 14. The van der Waals surface area contributed by atoms with Gasteiger partial charge in [0.2, 0.25) is 11.6 Å². The Hall–Kier alpha value is 0.678. The van der Waals surface area contributed by atoms with E-state index in [0.29, 0.717) is 0 Å². The molecule has 4 fully saturated rings. The van der Waals surface area contributed by atoms with Crippen molar-refractivity contribution in [3.8, 4) is 0 Å². The van der Waals surface area contributed by atoms with Crippen LogP contribution in [-0.2, 0) is 89.4 Å². The van der Waals surface area contributed by atoms with Crippen LogP contribution in [0.4, 0.5) is 0 Å². The maximum absolute atomic E-state index is 10.4. The summed E-state index contributed by atoms with van der Waals surface area (Å²) in [5.41, 5.74) is 0. The minimum absolute atomic E-state index is 0. The molecule has 0 saturated carbocycles. The van der Waals surface area contributed by atoms with E-state index in [1.54, 1.807) is 0 Å². The van der Waals surface area contributed by atoms with Gasteiger partial charge in [-0.3, -0.25) is 0 Å². The van der Waals surface area contributed by atoms with E-state index in [0.717, 1.165) is 0 Å². The molecule has 0 amide bonds. The van der Waals surface area contributed by atoms with Gasteiger partial charge >= 0.3 is 0 Å². The standard InChI is InChI=1S/C24H42O22.3Fe/c25-1-7-13(31)19(37)23(5-27,43-7)45-21-17(35)15(33)11(29)9(41-21)3-39-40-4-10-12(30)16(34)18(36)22(42-10)46-24(6-28)20(38)14(32)8(2-26)44-24;;;/h7-22,25-38H,1-6H2;;;/t7-,8-,9-,10-,11-,12-,13-,14-,15+,16+,17-,18-,19+,20+,21-,22-,23+,24+;;;/m1.../s1. The van der Waals surface area contributed by atoms with Gasteiger partial charge in [-0.05, 0) is 0 Å². The van der Waals surface area contributed by atoms with Crippen molar-refractivity contribution in [2.45, 2.75) is 110 Å². The Balaban J connectivity index is 0.00000400. The van der Waals surface area contributed by atoms with Crippen LogP contribution in [-0.4, -0.2) is 221 Å². The van der Waals surface area contributed by atoms with Gasteiger partial charge < -0.3 is 99.9 Å². The van der Waals surface area contributed by atoms with Crippen LogP contribution in [0.2, 0.25) is 0 Å². The first-order valence-electron chi connectivity index (χ1n) is 14.2. The minimum atomic E-state index is -2.41. The maximum Gasteiger partial charge on any atom is 0.224 e. The summed E-state index contributed by atoms with van der Waals surface area (Å²) in [4.78, 5) is 9.95. The van der Waals surface area contributed by atoms with Crippen molar-refractivity contribution < 1.29 is 161 Å². The fraction of sp³-hybridized carbons (Fsp3) is 1.00. The van der Waals surface area contributed by atoms with Gasteiger partial charge in [0.15, 0.2) is 12.6 Å². The molecule has 4 aliphatic heterocycles. The molecule has 0 aromatic carbocycles. The maximum atomic E-state index is 10.4. The quantitative estimate of drug-likeness (QED) is 0.0354. The monoisotopic (exact) mass is 850 g/mol. The molecule has 0 spiro atoms. The second kappa shape index (κ2) is 19.8. The molecule has 0 unspecified atom stereocenters. The first-order valence-corrected chi connectivity index (χ1v) is 14.2. The number of aliphatic hydroxyl groups excluding tert-OH is 14. The molecule has 25 heteroatoms. The molecule has 49 heavy (non-hydrogen) atoms. The third-order valence-corrected chi connectivity index (χ3v) is 8.33. The van der Waals surface area contributed by atoms with Crippen molar-refractivity contribution in [3.05, 3.63) is 0 Å². The number of ether oxygens (including phenoxy) is 6. The predicted molar refractivity (Wildman–Crippen MR) is 135 cm³/mol. The van der Waals surface area contributed by atoms with Crippen molar-refractivity contribution in [2.24, 2.45) is 0 Å². The molecule has 0 radical (unpaired) electrons. The Morgan fingerprint density at radius 3 is 1.02 bits per heavy atom. The van der Waals surface area contributed by atoms with Crippen LogP contribution in [0.1, 0.15) is 0 Å². The van der Waals surface area contributed by atoms with E-state index < -0.39 is 149 Å². The van der Waals surface area contributed by atoms with E-state index in [2.05, 4.69) is 0 Å². The van der Waals surface area contributed by atoms with Crippen molar-refractivity contribution in [1.82, 2.24) is 0 Å². The van der Waals surface area contributed by atoms with Gasteiger partial charge in [-0.2, -0.15) is 0 Å². The van der Waals surface area contributed by atoms with Gasteiger partial charge in [-0.1, -0.05) is 0 Å². The van der Waals surface area contributed by atoms with Crippen LogP contribution in [0.5, 0.6) is 0 Å². The third-order valence-electron chi connectivity index (χ3n) is 8.33. The molecule has 0 aliphatic carbocycles. The van der Waals surface area contributed by atoms with Crippen LogP contribution in [0.25, 0.3) is 0 Å². The number of aliphatic hydroxyl groups is 14. The van der Waals surface area contributed by atoms with Crippen molar-refractivity contribution >= 4 is 0 Å². The molecule has 22 nitrogen and oxygen atoms in total. The average molecular weight is 850 g/mol. The van der Waals surface area contributed by atoms with E-state index in [-0.39, 0.29) is 51.2 Å². The van der Waals surface area contributed by atoms with E-state index in [1.807, 2.05) is 0 Å². The normalized spacial score (nSPS) is 48.4. The molecule has 18 atom stereocenters. The Morgan fingerprint density at radius 1 is 0.429 bits per heavy atom. The fourth-order valence-corrected chi connectivity index (χ4v) is 5.47. The van der Waals surface area contributed by atoms with Crippen LogP contribution in [0.15, 0.2) is 0 Å². The van der Waals surface area contributed by atoms with Crippen LogP contribution in [0.3, 0.4) is 0 Å². The minimum Gasteiger partial charge on any atom is -0.394 e. The summed E-state index contributed by atoms with van der Waals surface area (Å²) >= 11 is 0. The topological polar surface area (TPSA) is 357 Å². The average Bonchev–Trinajstić information content (AvgIpc) is 3.44. The largest absolute Gasteiger partial charge is 0.394 e. The molecule has 0 bridgehead atoms. The van der Waals surface area contributed by atoms with Crippen molar-refractivity contribution in [1.29, 1.82) is 0 Å². The van der Waals surface area contributed by atoms with Crippen molar-refractivity contribution in [3.63, 3.8) is 0 Å². The Labute approximate surface area is 309 Å². The molecule has 0 aromatic rings. The van der Waals surface area contributed by atoms with Crippen LogP contribution < -0.4 is 0 Å². The van der Waals surface area contributed by atoms with Crippen LogP contribution in [0, 0.1) is 0 Å². The first kappa shape index (κ1) is 47.7. The Kier molecular flexibility index (Phi) is 19.3. The molecular weight excluding hydrogens is 808 g/mol. The van der Waals surface area contributed by atoms with Gasteiger partial charge in [0.25, 0.3) is 0 Å². The summed E-state index contributed by atoms with van der Waals surface area (Å²) < 4.78 is 32.1. The Morgan fingerprint density at radius 2 is 0.755 bits per heavy atom. The zero-order chi connectivity index (χ0) is 34.1. The zero-order valence-corrected chi connectivity index (χ0v) is 28.4. The van der Waals surface area contributed by atoms with E-state index >= 15 is 0 Å². The van der Waals surface area contributed by atoms with Crippen molar-refractivity contribution in [2.75, 3.05) is 39.6 Å². The molecule has 4 heterocycles. The summed E-state index contributed by atoms with van der Waals surface area (Å²) in [6, 6.07) is 0. The summed E-state index contributed by atoms with van der Waals surface area (Å²) in [5.74, 6) is -4.82. The van der Waals surface area contributed by atoms with Crippen LogP contribution >= 0.6 is 0 Å². The molecular formula is C24H42Fe3O22. The second-order valence-corrected chi connectivity index (χ2v) is 11.3.